The lowest BCUT2D eigenvalue weighted by atomic mass is 9.72. The van der Waals surface area contributed by atoms with Gasteiger partial charge in [0.15, 0.2) is 5.79 Å². The van der Waals surface area contributed by atoms with Crippen LogP contribution < -0.4 is 0 Å². The van der Waals surface area contributed by atoms with Crippen molar-refractivity contribution in [1.82, 2.24) is 0 Å². The van der Waals surface area contributed by atoms with Crippen LogP contribution in [0, 0.1) is 5.41 Å². The van der Waals surface area contributed by atoms with Crippen LogP contribution in [-0.2, 0) is 19.0 Å². The van der Waals surface area contributed by atoms with Gasteiger partial charge in [-0.3, -0.25) is 4.79 Å². The van der Waals surface area contributed by atoms with E-state index in [-0.39, 0.29) is 6.61 Å². The monoisotopic (exact) mass is 230 g/mol. The van der Waals surface area contributed by atoms with Crippen LogP contribution in [-0.4, -0.2) is 43.8 Å². The van der Waals surface area contributed by atoms with Crippen molar-refractivity contribution in [3.63, 3.8) is 0 Å². The molecule has 2 fully saturated rings. The van der Waals surface area contributed by atoms with Crippen molar-refractivity contribution >= 4 is 5.97 Å². The van der Waals surface area contributed by atoms with Gasteiger partial charge in [0.2, 0.25) is 0 Å². The molecule has 16 heavy (non-hydrogen) atoms. The average molecular weight is 230 g/mol. The van der Waals surface area contributed by atoms with Crippen molar-refractivity contribution in [3.8, 4) is 0 Å². The Hall–Kier alpha value is -0.650. The highest BCUT2D eigenvalue weighted by Crippen LogP contribution is 2.45. The predicted octanol–water partition coefficient (Wildman–Crippen LogP) is 1.02. The normalized spacial score (nSPS) is 27.1. The Balaban J connectivity index is 2.03. The van der Waals surface area contributed by atoms with E-state index in [0.29, 0.717) is 38.9 Å². The number of hydrogen-bond donors (Lipinski definition) is 1. The van der Waals surface area contributed by atoms with E-state index in [4.69, 9.17) is 14.2 Å². The van der Waals surface area contributed by atoms with Crippen LogP contribution in [0.1, 0.15) is 25.7 Å². The van der Waals surface area contributed by atoms with Gasteiger partial charge in [0.1, 0.15) is 0 Å². The smallest absolute Gasteiger partial charge is 0.311 e. The lowest BCUT2D eigenvalue weighted by molar-refractivity contribution is -0.201. The zero-order chi connectivity index (χ0) is 11.6. The van der Waals surface area contributed by atoms with E-state index in [1.807, 2.05) is 0 Å². The SMILES string of the molecule is COCC1(C(=O)O)CCC2(CC1)OCCO2. The third-order valence-corrected chi connectivity index (χ3v) is 3.66. The molecule has 92 valence electrons. The molecule has 1 aliphatic carbocycles. The Bertz CT molecular complexity index is 260. The second-order valence-electron chi connectivity index (χ2n) is 4.63. The zero-order valence-corrected chi connectivity index (χ0v) is 9.53. The Kier molecular flexibility index (Phi) is 3.19. The van der Waals surface area contributed by atoms with Gasteiger partial charge in [-0.15, -0.1) is 0 Å². The van der Waals surface area contributed by atoms with E-state index < -0.39 is 17.2 Å². The molecule has 1 saturated carbocycles. The largest absolute Gasteiger partial charge is 0.481 e. The Morgan fingerprint density at radius 2 is 1.81 bits per heavy atom. The van der Waals surface area contributed by atoms with Crippen LogP contribution in [0.5, 0.6) is 0 Å². The third-order valence-electron chi connectivity index (χ3n) is 3.66. The Labute approximate surface area is 94.7 Å². The summed E-state index contributed by atoms with van der Waals surface area (Å²) in [6.07, 6.45) is 2.39. The summed E-state index contributed by atoms with van der Waals surface area (Å²) in [5, 5.41) is 9.29. The number of aliphatic carboxylic acids is 1. The van der Waals surface area contributed by atoms with Crippen molar-refractivity contribution in [2.75, 3.05) is 26.9 Å². The molecule has 0 amide bonds. The van der Waals surface area contributed by atoms with Crippen molar-refractivity contribution < 1.29 is 24.1 Å². The Morgan fingerprint density at radius 3 is 2.25 bits per heavy atom. The van der Waals surface area contributed by atoms with E-state index >= 15 is 0 Å². The van der Waals surface area contributed by atoms with Crippen LogP contribution in [0.25, 0.3) is 0 Å². The summed E-state index contributed by atoms with van der Waals surface area (Å²) < 4.78 is 16.2. The van der Waals surface area contributed by atoms with Crippen molar-refractivity contribution in [1.29, 1.82) is 0 Å². The second-order valence-corrected chi connectivity index (χ2v) is 4.63. The molecule has 1 saturated heterocycles. The second kappa shape index (κ2) is 4.31. The molecule has 2 rings (SSSR count). The summed E-state index contributed by atoms with van der Waals surface area (Å²) in [7, 11) is 1.54. The molecular weight excluding hydrogens is 212 g/mol. The molecule has 1 N–H and O–H groups in total. The molecule has 0 aromatic carbocycles. The lowest BCUT2D eigenvalue weighted by Crippen LogP contribution is -2.45. The van der Waals surface area contributed by atoms with Crippen molar-refractivity contribution in [3.05, 3.63) is 0 Å². The number of rotatable bonds is 3. The first-order valence-corrected chi connectivity index (χ1v) is 5.63. The van der Waals surface area contributed by atoms with E-state index in [2.05, 4.69) is 0 Å². The number of hydrogen-bond acceptors (Lipinski definition) is 4. The molecule has 5 heteroatoms. The van der Waals surface area contributed by atoms with Gasteiger partial charge in [-0.05, 0) is 12.8 Å². The highest BCUT2D eigenvalue weighted by atomic mass is 16.7. The molecule has 5 nitrogen and oxygen atoms in total. The number of carbonyl (C=O) groups is 1. The highest BCUT2D eigenvalue weighted by Gasteiger charge is 2.49. The summed E-state index contributed by atoms with van der Waals surface area (Å²) in [5.74, 6) is -1.28. The van der Waals surface area contributed by atoms with Crippen molar-refractivity contribution in [2.24, 2.45) is 5.41 Å². The molecule has 0 atom stereocenters. The van der Waals surface area contributed by atoms with Crippen molar-refractivity contribution in [2.45, 2.75) is 31.5 Å². The first-order valence-electron chi connectivity index (χ1n) is 5.63. The molecular formula is C11H18O5. The quantitative estimate of drug-likeness (QED) is 0.784. The van der Waals surface area contributed by atoms with Gasteiger partial charge in [-0.2, -0.15) is 0 Å². The molecule has 0 bridgehead atoms. The molecule has 0 aromatic heterocycles. The van der Waals surface area contributed by atoms with Gasteiger partial charge in [-0.1, -0.05) is 0 Å². The average Bonchev–Trinajstić information content (AvgIpc) is 2.71. The van der Waals surface area contributed by atoms with Crippen LogP contribution >= 0.6 is 0 Å². The first kappa shape index (κ1) is 11.8. The lowest BCUT2D eigenvalue weighted by Gasteiger charge is -2.40. The maximum atomic E-state index is 11.3. The number of carboxylic acid groups (broad SMARTS) is 1. The van der Waals surface area contributed by atoms with E-state index in [0.717, 1.165) is 0 Å². The summed E-state index contributed by atoms with van der Waals surface area (Å²) in [4.78, 5) is 11.3. The van der Waals surface area contributed by atoms with Gasteiger partial charge in [0.25, 0.3) is 0 Å². The van der Waals surface area contributed by atoms with Gasteiger partial charge in [0, 0.05) is 20.0 Å². The molecule has 0 radical (unpaired) electrons. The predicted molar refractivity (Wildman–Crippen MR) is 55.0 cm³/mol. The molecule has 0 aromatic rings. The topological polar surface area (TPSA) is 65.0 Å². The minimum absolute atomic E-state index is 0.262. The summed E-state index contributed by atoms with van der Waals surface area (Å²) in [6, 6.07) is 0. The molecule has 1 spiro atoms. The maximum absolute atomic E-state index is 11.3. The number of carboxylic acids is 1. The molecule has 1 heterocycles. The van der Waals surface area contributed by atoms with Gasteiger partial charge in [0.05, 0.1) is 25.2 Å². The van der Waals surface area contributed by atoms with E-state index in [1.165, 1.54) is 7.11 Å². The molecule has 0 unspecified atom stereocenters. The van der Waals surface area contributed by atoms with Gasteiger partial charge >= 0.3 is 5.97 Å². The maximum Gasteiger partial charge on any atom is 0.311 e. The fourth-order valence-corrected chi connectivity index (χ4v) is 2.59. The zero-order valence-electron chi connectivity index (χ0n) is 9.53. The number of ether oxygens (including phenoxy) is 3. The Morgan fingerprint density at radius 1 is 1.25 bits per heavy atom. The standard InChI is InChI=1S/C11H18O5/c1-14-8-10(9(12)13)2-4-11(5-3-10)15-6-7-16-11/h2-8H2,1H3,(H,12,13). The summed E-state index contributed by atoms with van der Waals surface area (Å²) in [5.41, 5.74) is -0.755. The number of methoxy groups -OCH3 is 1. The van der Waals surface area contributed by atoms with Gasteiger partial charge in [-0.25, -0.2) is 0 Å². The minimum atomic E-state index is -0.776. The molecule has 1 aliphatic heterocycles. The van der Waals surface area contributed by atoms with Crippen LogP contribution in [0.4, 0.5) is 0 Å². The first-order chi connectivity index (χ1) is 7.63. The summed E-state index contributed by atoms with van der Waals surface area (Å²) >= 11 is 0. The molecule has 2 aliphatic rings. The fourth-order valence-electron chi connectivity index (χ4n) is 2.59. The highest BCUT2D eigenvalue weighted by molar-refractivity contribution is 5.75. The third kappa shape index (κ3) is 1.95. The van der Waals surface area contributed by atoms with Gasteiger partial charge < -0.3 is 19.3 Å². The van der Waals surface area contributed by atoms with Crippen LogP contribution in [0.3, 0.4) is 0 Å². The van der Waals surface area contributed by atoms with E-state index in [1.54, 1.807) is 0 Å². The minimum Gasteiger partial charge on any atom is -0.481 e. The van der Waals surface area contributed by atoms with Crippen LogP contribution in [0.2, 0.25) is 0 Å². The van der Waals surface area contributed by atoms with Crippen LogP contribution in [0.15, 0.2) is 0 Å². The van der Waals surface area contributed by atoms with E-state index in [9.17, 15) is 9.90 Å². The fraction of sp³-hybridized carbons (Fsp3) is 0.909. The summed E-state index contributed by atoms with van der Waals surface area (Å²) in [6.45, 7) is 1.49.